The Labute approximate surface area is 230 Å². The second kappa shape index (κ2) is 8.72. The van der Waals surface area contributed by atoms with Crippen molar-refractivity contribution in [2.75, 3.05) is 13.1 Å². The summed E-state index contributed by atoms with van der Waals surface area (Å²) in [6.45, 7) is 7.58. The van der Waals surface area contributed by atoms with Gasteiger partial charge in [0.2, 0.25) is 0 Å². The third-order valence-electron chi connectivity index (χ3n) is 10.4. The number of likely N-dealkylation sites (tertiary alicyclic amines) is 1. The van der Waals surface area contributed by atoms with Crippen molar-refractivity contribution in [3.8, 4) is 16.9 Å². The quantitative estimate of drug-likeness (QED) is 0.455. The maximum atomic E-state index is 14.3. The fourth-order valence-corrected chi connectivity index (χ4v) is 8.24. The molecule has 39 heavy (non-hydrogen) atoms. The fraction of sp³-hybridized carbons (Fsp3) is 0.500. The van der Waals surface area contributed by atoms with E-state index in [4.69, 9.17) is 9.15 Å². The summed E-state index contributed by atoms with van der Waals surface area (Å²) in [5.74, 6) is 4.36. The van der Waals surface area contributed by atoms with E-state index in [0.717, 1.165) is 78.4 Å². The van der Waals surface area contributed by atoms with E-state index >= 15 is 0 Å². The molecule has 8 rings (SSSR count). The lowest BCUT2D eigenvalue weighted by atomic mass is 9.61. The molecule has 1 aromatic carbocycles. The first kappa shape index (κ1) is 23.8. The Morgan fingerprint density at radius 1 is 1.00 bits per heavy atom. The van der Waals surface area contributed by atoms with Crippen LogP contribution in [0.4, 0.5) is 0 Å². The van der Waals surface area contributed by atoms with E-state index in [1.54, 1.807) is 6.07 Å². The highest BCUT2D eigenvalue weighted by atomic mass is 16.5. The molecule has 1 saturated heterocycles. The third-order valence-corrected chi connectivity index (χ3v) is 10.4. The number of Topliss-reactive ketones (excluding diaryl/α,β-unsaturated/α-hetero) is 1. The molecule has 3 atom stereocenters. The summed E-state index contributed by atoms with van der Waals surface area (Å²) < 4.78 is 12.7. The average Bonchev–Trinajstić information content (AvgIpc) is 3.54. The number of phenolic OH excluding ortho intramolecular Hbond substituents is 1. The van der Waals surface area contributed by atoms with Crippen LogP contribution in [0.1, 0.15) is 80.5 Å². The molecule has 2 aromatic rings. The SMILES string of the molecule is CC1=C(C)C2=C(C3CC3)OC3=C4C(=O)c5c(O)ccc(-c6coc(CN7CCCCC7)c6)c5CC4CC(C1)C32. The van der Waals surface area contributed by atoms with Crippen LogP contribution in [0.3, 0.4) is 0 Å². The Morgan fingerprint density at radius 3 is 2.62 bits per heavy atom. The standard InChI is InChI=1S/C34H37NO4/c1-18-12-21-13-22-15-26-25(23-14-24(38-17-23)16-35-10-4-3-5-11-35)8-9-27(36)31(26)32(37)30(22)34-29(21)28(19(18)2)33(39-34)20-6-7-20/h8-9,14,17,20-22,29,36H,3-7,10-13,15-16H2,1-2H3. The summed E-state index contributed by atoms with van der Waals surface area (Å²) in [5.41, 5.74) is 8.49. The first-order valence-corrected chi connectivity index (χ1v) is 15.0. The summed E-state index contributed by atoms with van der Waals surface area (Å²) >= 11 is 0. The Hall–Kier alpha value is -3.05. The molecule has 0 bridgehead atoms. The van der Waals surface area contributed by atoms with Crippen molar-refractivity contribution in [2.24, 2.45) is 23.7 Å². The van der Waals surface area contributed by atoms with Gasteiger partial charge in [-0.25, -0.2) is 0 Å². The van der Waals surface area contributed by atoms with E-state index in [-0.39, 0.29) is 23.4 Å². The molecule has 0 spiro atoms. The molecule has 1 aromatic heterocycles. The van der Waals surface area contributed by atoms with Crippen molar-refractivity contribution in [3.05, 3.63) is 75.2 Å². The minimum absolute atomic E-state index is 0.0357. The average molecular weight is 524 g/mol. The number of aromatic hydroxyl groups is 1. The summed E-state index contributed by atoms with van der Waals surface area (Å²) in [4.78, 5) is 16.7. The van der Waals surface area contributed by atoms with Crippen LogP contribution >= 0.6 is 0 Å². The van der Waals surface area contributed by atoms with Gasteiger partial charge in [0.05, 0.1) is 18.4 Å². The zero-order valence-corrected chi connectivity index (χ0v) is 23.0. The molecule has 1 N–H and O–H groups in total. The largest absolute Gasteiger partial charge is 0.507 e. The van der Waals surface area contributed by atoms with Crippen molar-refractivity contribution in [1.82, 2.24) is 4.90 Å². The molecule has 2 aliphatic heterocycles. The number of carbonyl (C=O) groups excluding carboxylic acids is 1. The van der Waals surface area contributed by atoms with E-state index in [1.807, 2.05) is 12.3 Å². The molecule has 5 nitrogen and oxygen atoms in total. The Bertz CT molecular complexity index is 1490. The van der Waals surface area contributed by atoms with Gasteiger partial charge >= 0.3 is 0 Å². The van der Waals surface area contributed by atoms with Crippen LogP contribution in [0.5, 0.6) is 5.75 Å². The van der Waals surface area contributed by atoms with Gasteiger partial charge in [0, 0.05) is 28.5 Å². The van der Waals surface area contributed by atoms with Crippen LogP contribution in [0, 0.1) is 23.7 Å². The molecule has 2 fully saturated rings. The van der Waals surface area contributed by atoms with Gasteiger partial charge in [0.15, 0.2) is 5.78 Å². The van der Waals surface area contributed by atoms with Crippen molar-refractivity contribution >= 4 is 5.78 Å². The first-order chi connectivity index (χ1) is 19.0. The van der Waals surface area contributed by atoms with E-state index in [9.17, 15) is 9.90 Å². The number of carbonyl (C=O) groups is 1. The van der Waals surface area contributed by atoms with Crippen LogP contribution in [0.25, 0.3) is 11.1 Å². The number of rotatable bonds is 4. The predicted molar refractivity (Wildman–Crippen MR) is 149 cm³/mol. The van der Waals surface area contributed by atoms with Gasteiger partial charge in [-0.2, -0.15) is 0 Å². The zero-order valence-electron chi connectivity index (χ0n) is 23.0. The molecular weight excluding hydrogens is 486 g/mol. The highest BCUT2D eigenvalue weighted by Crippen LogP contribution is 2.60. The van der Waals surface area contributed by atoms with Gasteiger partial charge in [-0.15, -0.1) is 0 Å². The Morgan fingerprint density at radius 2 is 1.82 bits per heavy atom. The summed E-state index contributed by atoms with van der Waals surface area (Å²) in [7, 11) is 0. The highest BCUT2D eigenvalue weighted by molar-refractivity contribution is 6.14. The number of nitrogens with zero attached hydrogens (tertiary/aromatic N) is 1. The number of hydrogen-bond donors (Lipinski definition) is 1. The van der Waals surface area contributed by atoms with Crippen LogP contribution in [0.15, 0.2) is 62.7 Å². The number of fused-ring (bicyclic) bond motifs is 2. The number of piperidine rings is 1. The number of ketones is 1. The van der Waals surface area contributed by atoms with Crippen LogP contribution in [0.2, 0.25) is 0 Å². The lowest BCUT2D eigenvalue weighted by Gasteiger charge is -2.41. The first-order valence-electron chi connectivity index (χ1n) is 15.0. The number of phenols is 1. The van der Waals surface area contributed by atoms with Crippen LogP contribution < -0.4 is 0 Å². The van der Waals surface area contributed by atoms with Crippen LogP contribution in [-0.2, 0) is 17.7 Å². The maximum Gasteiger partial charge on any atom is 0.196 e. The molecule has 3 heterocycles. The second-order valence-corrected chi connectivity index (χ2v) is 12.9. The van der Waals surface area contributed by atoms with Crippen molar-refractivity contribution in [1.29, 1.82) is 0 Å². The number of allylic oxidation sites excluding steroid dienone is 5. The van der Waals surface area contributed by atoms with Crippen molar-refractivity contribution in [3.63, 3.8) is 0 Å². The fourth-order valence-electron chi connectivity index (χ4n) is 8.24. The minimum atomic E-state index is -0.0357. The van der Waals surface area contributed by atoms with E-state index in [2.05, 4.69) is 24.8 Å². The number of benzene rings is 1. The molecule has 1 saturated carbocycles. The van der Waals surface area contributed by atoms with E-state index in [0.29, 0.717) is 17.4 Å². The van der Waals surface area contributed by atoms with Gasteiger partial charge in [0.1, 0.15) is 23.0 Å². The van der Waals surface area contributed by atoms with Crippen molar-refractivity contribution < 1.29 is 19.1 Å². The normalized spacial score (nSPS) is 28.5. The van der Waals surface area contributed by atoms with Crippen molar-refractivity contribution in [2.45, 2.75) is 71.8 Å². The van der Waals surface area contributed by atoms with Gasteiger partial charge in [-0.1, -0.05) is 18.1 Å². The summed E-state index contributed by atoms with van der Waals surface area (Å²) in [6.07, 6.45) is 10.8. The molecule has 6 aliphatic rings. The number of ether oxygens (including phenoxy) is 1. The Kier molecular flexibility index (Phi) is 5.33. The highest BCUT2D eigenvalue weighted by Gasteiger charge is 2.53. The monoisotopic (exact) mass is 523 g/mol. The molecule has 0 amide bonds. The van der Waals surface area contributed by atoms with Gasteiger partial charge in [0.25, 0.3) is 0 Å². The minimum Gasteiger partial charge on any atom is -0.507 e. The van der Waals surface area contributed by atoms with E-state index < -0.39 is 0 Å². The second-order valence-electron chi connectivity index (χ2n) is 12.9. The lowest BCUT2D eigenvalue weighted by molar-refractivity contribution is 0.0973. The Balaban J connectivity index is 1.18. The maximum absolute atomic E-state index is 14.3. The van der Waals surface area contributed by atoms with Gasteiger partial charge < -0.3 is 14.3 Å². The predicted octanol–water partition coefficient (Wildman–Crippen LogP) is 7.32. The van der Waals surface area contributed by atoms with Gasteiger partial charge in [-0.3, -0.25) is 9.69 Å². The molecule has 4 aliphatic carbocycles. The molecule has 202 valence electrons. The number of hydrogen-bond acceptors (Lipinski definition) is 5. The zero-order chi connectivity index (χ0) is 26.4. The topological polar surface area (TPSA) is 62.9 Å². The van der Waals surface area contributed by atoms with Gasteiger partial charge in [-0.05, 0) is 113 Å². The smallest absolute Gasteiger partial charge is 0.196 e. The molecule has 3 unspecified atom stereocenters. The summed E-state index contributed by atoms with van der Waals surface area (Å²) in [5, 5.41) is 11.0. The van der Waals surface area contributed by atoms with E-state index in [1.165, 1.54) is 48.8 Å². The number of furan rings is 1. The molecule has 5 heteroatoms. The lowest BCUT2D eigenvalue weighted by Crippen LogP contribution is -2.36. The van der Waals surface area contributed by atoms with Crippen LogP contribution in [-0.4, -0.2) is 28.9 Å². The third kappa shape index (κ3) is 3.65. The molecule has 0 radical (unpaired) electrons. The molecular formula is C34H37NO4. The summed E-state index contributed by atoms with van der Waals surface area (Å²) in [6, 6.07) is 5.79.